The van der Waals surface area contributed by atoms with E-state index in [0.29, 0.717) is 12.6 Å². The molecule has 1 aliphatic rings. The maximum Gasteiger partial charge on any atom is 0.419 e. The zero-order chi connectivity index (χ0) is 19.8. The molecule has 28 heavy (non-hydrogen) atoms. The molecule has 0 radical (unpaired) electrons. The number of nitrogens with zero attached hydrogens (tertiary/aromatic N) is 1. The molecule has 1 unspecified atom stereocenters. The lowest BCUT2D eigenvalue weighted by atomic mass is 9.95. The summed E-state index contributed by atoms with van der Waals surface area (Å²) in [4.78, 5) is 2.54. The van der Waals surface area contributed by atoms with Gasteiger partial charge in [-0.3, -0.25) is 0 Å². The highest BCUT2D eigenvalue weighted by molar-refractivity contribution is 5.35. The third-order valence-electron chi connectivity index (χ3n) is 5.35. The van der Waals surface area contributed by atoms with E-state index in [-0.39, 0.29) is 5.75 Å². The summed E-state index contributed by atoms with van der Waals surface area (Å²) in [5.41, 5.74) is 0.667. The van der Waals surface area contributed by atoms with Crippen LogP contribution in [0.4, 0.5) is 13.2 Å². The maximum absolute atomic E-state index is 13.0. The van der Waals surface area contributed by atoms with Gasteiger partial charge in [0.1, 0.15) is 5.75 Å². The molecule has 5 heteroatoms. The number of rotatable bonds is 8. The normalized spacial score (nSPS) is 18.2. The van der Waals surface area contributed by atoms with Gasteiger partial charge in [-0.1, -0.05) is 48.9 Å². The van der Waals surface area contributed by atoms with Crippen molar-refractivity contribution in [1.29, 1.82) is 0 Å². The van der Waals surface area contributed by atoms with Crippen LogP contribution in [0.3, 0.4) is 0 Å². The molecule has 2 aromatic rings. The highest BCUT2D eigenvalue weighted by atomic mass is 19.4. The number of piperidine rings is 1. The van der Waals surface area contributed by atoms with Gasteiger partial charge < -0.3 is 9.64 Å². The van der Waals surface area contributed by atoms with E-state index >= 15 is 0 Å². The summed E-state index contributed by atoms with van der Waals surface area (Å²) in [5.74, 6) is -0.0741. The van der Waals surface area contributed by atoms with Crippen LogP contribution in [0.15, 0.2) is 54.6 Å². The SMILES string of the molecule is FC(F)(F)c1ccccc1OCCCCN1CCCCC1Cc1ccccc1. The van der Waals surface area contributed by atoms with Gasteiger partial charge in [0.2, 0.25) is 0 Å². The maximum atomic E-state index is 13.0. The Morgan fingerprint density at radius 1 is 0.929 bits per heavy atom. The third kappa shape index (κ3) is 5.99. The summed E-state index contributed by atoms with van der Waals surface area (Å²) in [6.45, 7) is 2.39. The number of likely N-dealkylation sites (tertiary alicyclic amines) is 1. The number of unbranched alkanes of at least 4 members (excludes halogenated alkanes) is 1. The summed E-state index contributed by atoms with van der Waals surface area (Å²) in [7, 11) is 0. The molecule has 0 aromatic heterocycles. The number of hydrogen-bond acceptors (Lipinski definition) is 2. The standard InChI is InChI=1S/C23H28F3NO/c24-23(25,26)21-13-4-5-14-22(21)28-17-9-8-16-27-15-7-6-12-20(27)18-19-10-2-1-3-11-19/h1-5,10-11,13-14,20H,6-9,12,15-18H2. The molecule has 0 amide bonds. The summed E-state index contributed by atoms with van der Waals surface area (Å²) < 4.78 is 44.4. The van der Waals surface area contributed by atoms with Crippen molar-refractivity contribution in [1.82, 2.24) is 4.90 Å². The summed E-state index contributed by atoms with van der Waals surface area (Å²) >= 11 is 0. The number of benzene rings is 2. The van der Waals surface area contributed by atoms with Crippen LogP contribution < -0.4 is 4.74 Å². The van der Waals surface area contributed by atoms with Crippen LogP contribution in [0.2, 0.25) is 0 Å². The molecule has 1 aliphatic heterocycles. The molecular formula is C23H28F3NO. The minimum Gasteiger partial charge on any atom is -0.493 e. The fourth-order valence-electron chi connectivity index (χ4n) is 3.90. The van der Waals surface area contributed by atoms with E-state index in [1.54, 1.807) is 6.07 Å². The van der Waals surface area contributed by atoms with Gasteiger partial charge in [0.05, 0.1) is 12.2 Å². The fraction of sp³-hybridized carbons (Fsp3) is 0.478. The second-order valence-electron chi connectivity index (χ2n) is 7.42. The first kappa shape index (κ1) is 20.7. The van der Waals surface area contributed by atoms with Crippen molar-refractivity contribution >= 4 is 0 Å². The van der Waals surface area contributed by atoms with Gasteiger partial charge in [-0.15, -0.1) is 0 Å². The molecule has 1 heterocycles. The smallest absolute Gasteiger partial charge is 0.419 e. The second kappa shape index (κ2) is 9.97. The summed E-state index contributed by atoms with van der Waals surface area (Å²) in [6, 6.07) is 16.5. The van der Waals surface area contributed by atoms with Gasteiger partial charge in [-0.25, -0.2) is 0 Å². The Kier molecular flexibility index (Phi) is 7.37. The minimum atomic E-state index is -4.38. The lowest BCUT2D eigenvalue weighted by Crippen LogP contribution is -2.41. The Labute approximate surface area is 165 Å². The molecule has 152 valence electrons. The number of hydrogen-bond donors (Lipinski definition) is 0. The zero-order valence-corrected chi connectivity index (χ0v) is 16.1. The lowest BCUT2D eigenvalue weighted by molar-refractivity contribution is -0.138. The van der Waals surface area contributed by atoms with Crippen molar-refractivity contribution in [3.8, 4) is 5.75 Å². The van der Waals surface area contributed by atoms with Crippen LogP contribution in [0, 0.1) is 0 Å². The molecule has 3 rings (SSSR count). The van der Waals surface area contributed by atoms with Gasteiger partial charge in [-0.2, -0.15) is 13.2 Å². The topological polar surface area (TPSA) is 12.5 Å². The van der Waals surface area contributed by atoms with E-state index in [9.17, 15) is 13.2 Å². The first-order valence-electron chi connectivity index (χ1n) is 10.1. The van der Waals surface area contributed by atoms with Crippen molar-refractivity contribution in [2.75, 3.05) is 19.7 Å². The van der Waals surface area contributed by atoms with Gasteiger partial charge in [0.15, 0.2) is 0 Å². The second-order valence-corrected chi connectivity index (χ2v) is 7.42. The van der Waals surface area contributed by atoms with Crippen LogP contribution in [0.1, 0.15) is 43.2 Å². The minimum absolute atomic E-state index is 0.0741. The Morgan fingerprint density at radius 3 is 2.46 bits per heavy atom. The first-order valence-corrected chi connectivity index (χ1v) is 10.1. The van der Waals surface area contributed by atoms with Gasteiger partial charge in [0.25, 0.3) is 0 Å². The molecule has 0 aliphatic carbocycles. The Hall–Kier alpha value is -2.01. The average Bonchev–Trinajstić information content (AvgIpc) is 2.69. The average molecular weight is 391 g/mol. The third-order valence-corrected chi connectivity index (χ3v) is 5.35. The van der Waals surface area contributed by atoms with Crippen LogP contribution in [0.25, 0.3) is 0 Å². The highest BCUT2D eigenvalue weighted by Gasteiger charge is 2.33. The molecule has 0 bridgehead atoms. The first-order chi connectivity index (χ1) is 13.5. The number of para-hydroxylation sites is 1. The van der Waals surface area contributed by atoms with Gasteiger partial charge >= 0.3 is 6.18 Å². The molecule has 0 N–H and O–H groups in total. The van der Waals surface area contributed by atoms with Crippen molar-refractivity contribution in [2.45, 2.75) is 50.7 Å². The van der Waals surface area contributed by atoms with Crippen molar-refractivity contribution in [3.63, 3.8) is 0 Å². The van der Waals surface area contributed by atoms with Crippen LogP contribution in [0.5, 0.6) is 5.75 Å². The molecule has 2 aromatic carbocycles. The Balaban J connectivity index is 1.44. The molecule has 1 atom stereocenters. The number of alkyl halides is 3. The van der Waals surface area contributed by atoms with Crippen LogP contribution in [-0.4, -0.2) is 30.6 Å². The molecule has 1 fully saturated rings. The summed E-state index contributed by atoms with van der Waals surface area (Å²) in [6.07, 6.45) is 2.07. The molecular weight excluding hydrogens is 363 g/mol. The predicted octanol–water partition coefficient (Wildman–Crippen LogP) is 5.96. The largest absolute Gasteiger partial charge is 0.493 e. The van der Waals surface area contributed by atoms with E-state index in [2.05, 4.69) is 29.2 Å². The van der Waals surface area contributed by atoms with E-state index < -0.39 is 11.7 Å². The Bertz CT molecular complexity index is 717. The van der Waals surface area contributed by atoms with Gasteiger partial charge in [0, 0.05) is 6.04 Å². The number of halogens is 3. The predicted molar refractivity (Wildman–Crippen MR) is 106 cm³/mol. The van der Waals surface area contributed by atoms with E-state index in [4.69, 9.17) is 4.74 Å². The molecule has 2 nitrogen and oxygen atoms in total. The Morgan fingerprint density at radius 2 is 1.68 bits per heavy atom. The fourth-order valence-corrected chi connectivity index (χ4v) is 3.90. The van der Waals surface area contributed by atoms with E-state index in [1.807, 2.05) is 6.07 Å². The van der Waals surface area contributed by atoms with Crippen molar-refractivity contribution < 1.29 is 17.9 Å². The van der Waals surface area contributed by atoms with Crippen LogP contribution in [-0.2, 0) is 12.6 Å². The lowest BCUT2D eigenvalue weighted by Gasteiger charge is -2.36. The highest BCUT2D eigenvalue weighted by Crippen LogP contribution is 2.35. The van der Waals surface area contributed by atoms with Crippen LogP contribution >= 0.6 is 0 Å². The summed E-state index contributed by atoms with van der Waals surface area (Å²) in [5, 5.41) is 0. The van der Waals surface area contributed by atoms with Crippen molar-refractivity contribution in [2.24, 2.45) is 0 Å². The van der Waals surface area contributed by atoms with Gasteiger partial charge in [-0.05, 0) is 62.9 Å². The zero-order valence-electron chi connectivity index (χ0n) is 16.1. The molecule has 0 spiro atoms. The quantitative estimate of drug-likeness (QED) is 0.515. The van der Waals surface area contributed by atoms with Crippen molar-refractivity contribution in [3.05, 3.63) is 65.7 Å². The number of ether oxygens (including phenoxy) is 1. The molecule has 0 saturated carbocycles. The molecule has 1 saturated heterocycles. The van der Waals surface area contributed by atoms with E-state index in [1.165, 1.54) is 37.0 Å². The van der Waals surface area contributed by atoms with E-state index in [0.717, 1.165) is 38.4 Å². The monoisotopic (exact) mass is 391 g/mol.